The molecule has 0 aromatic carbocycles. The van der Waals surface area contributed by atoms with Gasteiger partial charge in [0.05, 0.1) is 4.99 Å². The van der Waals surface area contributed by atoms with Crippen LogP contribution in [-0.2, 0) is 4.79 Å². The number of hydrazine groups is 1. The number of ketones is 1. The normalized spacial score (nSPS) is 19.5. The first-order valence-corrected chi connectivity index (χ1v) is 5.31. The zero-order chi connectivity index (χ0) is 12.5. The van der Waals surface area contributed by atoms with Gasteiger partial charge in [-0.1, -0.05) is 12.2 Å². The molecule has 0 saturated heterocycles. The van der Waals surface area contributed by atoms with Crippen LogP contribution in [0.2, 0.25) is 0 Å². The molecule has 0 bridgehead atoms. The van der Waals surface area contributed by atoms with Crippen LogP contribution in [0.15, 0.2) is 11.4 Å². The molecule has 0 saturated carbocycles. The van der Waals surface area contributed by atoms with Crippen molar-refractivity contribution in [2.24, 2.45) is 11.8 Å². The van der Waals surface area contributed by atoms with Crippen molar-refractivity contribution in [2.45, 2.75) is 6.92 Å². The summed E-state index contributed by atoms with van der Waals surface area (Å²) in [6.07, 6.45) is 1.54. The molecule has 96 valence electrons. The predicted molar refractivity (Wildman–Crippen MR) is 67.1 cm³/mol. The number of Topliss-reactive ketones (excluding diaryl/α,β-unsaturated/α-hetero) is 1. The highest BCUT2D eigenvalue weighted by Gasteiger charge is 2.36. The topological polar surface area (TPSA) is 61.4 Å². The maximum absolute atomic E-state index is 11.9. The van der Waals surface area contributed by atoms with Crippen molar-refractivity contribution in [3.05, 3.63) is 11.4 Å². The minimum atomic E-state index is -0.480. The third-order valence-corrected chi connectivity index (χ3v) is 3.26. The van der Waals surface area contributed by atoms with E-state index < -0.39 is 5.92 Å². The molecule has 0 aromatic rings. The van der Waals surface area contributed by atoms with E-state index in [1.807, 2.05) is 21.0 Å². The molecular weight excluding hydrogens is 260 g/mol. The fourth-order valence-electron chi connectivity index (χ4n) is 1.59. The minimum absolute atomic E-state index is 0. The molecule has 0 amide bonds. The molecule has 0 radical (unpaired) electrons. The summed E-state index contributed by atoms with van der Waals surface area (Å²) in [6.45, 7) is 1.89. The SMILES string of the molecule is CC1=C(NN)C(C(=S)N(C)C)C(=O)C=[N+]1C.[Cl-]. The number of carbonyl (C=O) groups excluding carboxylic acids is 1. The maximum Gasteiger partial charge on any atom is 0.234 e. The number of hydrogen-bond acceptors (Lipinski definition) is 4. The van der Waals surface area contributed by atoms with Crippen LogP contribution in [0.4, 0.5) is 0 Å². The Morgan fingerprint density at radius 2 is 2.12 bits per heavy atom. The molecule has 5 nitrogen and oxygen atoms in total. The van der Waals surface area contributed by atoms with Gasteiger partial charge in [0, 0.05) is 21.0 Å². The van der Waals surface area contributed by atoms with E-state index in [4.69, 9.17) is 18.1 Å². The van der Waals surface area contributed by atoms with Crippen molar-refractivity contribution in [3.63, 3.8) is 0 Å². The van der Waals surface area contributed by atoms with E-state index in [0.29, 0.717) is 10.7 Å². The molecule has 1 unspecified atom stereocenters. The Balaban J connectivity index is 0.00000256. The van der Waals surface area contributed by atoms with Crippen molar-refractivity contribution < 1.29 is 21.8 Å². The van der Waals surface area contributed by atoms with E-state index in [9.17, 15) is 4.79 Å². The zero-order valence-corrected chi connectivity index (χ0v) is 11.9. The van der Waals surface area contributed by atoms with Gasteiger partial charge in [-0.15, -0.1) is 0 Å². The third kappa shape index (κ3) is 3.02. The summed E-state index contributed by atoms with van der Waals surface area (Å²) in [5.41, 5.74) is 4.14. The fourth-order valence-corrected chi connectivity index (χ4v) is 1.83. The second-order valence-electron chi connectivity index (χ2n) is 3.95. The van der Waals surface area contributed by atoms with Gasteiger partial charge in [0.25, 0.3) is 0 Å². The first-order valence-electron chi connectivity index (χ1n) is 4.90. The van der Waals surface area contributed by atoms with E-state index in [1.165, 1.54) is 6.21 Å². The number of nitrogens with two attached hydrogens (primary N) is 1. The lowest BCUT2D eigenvalue weighted by Gasteiger charge is -2.25. The van der Waals surface area contributed by atoms with Gasteiger partial charge in [0.15, 0.2) is 5.70 Å². The summed E-state index contributed by atoms with van der Waals surface area (Å²) in [7, 11) is 5.44. The van der Waals surface area contributed by atoms with E-state index in [0.717, 1.165) is 5.70 Å². The first-order chi connectivity index (χ1) is 7.40. The van der Waals surface area contributed by atoms with Gasteiger partial charge in [-0.2, -0.15) is 0 Å². The van der Waals surface area contributed by atoms with Crippen LogP contribution in [0, 0.1) is 5.92 Å². The van der Waals surface area contributed by atoms with Crippen molar-refractivity contribution in [2.75, 3.05) is 21.1 Å². The smallest absolute Gasteiger partial charge is 0.234 e. The van der Waals surface area contributed by atoms with Crippen molar-refractivity contribution in [1.29, 1.82) is 0 Å². The molecule has 1 aliphatic rings. The summed E-state index contributed by atoms with van der Waals surface area (Å²) in [4.78, 5) is 14.2. The Morgan fingerprint density at radius 1 is 1.59 bits per heavy atom. The molecular formula is C10H17ClN4OS. The summed E-state index contributed by atoms with van der Waals surface area (Å²) in [6, 6.07) is 0. The zero-order valence-electron chi connectivity index (χ0n) is 10.3. The van der Waals surface area contributed by atoms with Gasteiger partial charge in [-0.3, -0.25) is 10.6 Å². The van der Waals surface area contributed by atoms with Gasteiger partial charge in [0.1, 0.15) is 18.7 Å². The molecule has 0 aliphatic carbocycles. The largest absolute Gasteiger partial charge is 1.00 e. The Morgan fingerprint density at radius 3 is 2.53 bits per heavy atom. The maximum atomic E-state index is 11.9. The second-order valence-corrected chi connectivity index (χ2v) is 4.37. The van der Waals surface area contributed by atoms with Crippen LogP contribution in [-0.4, -0.2) is 47.6 Å². The highest BCUT2D eigenvalue weighted by Crippen LogP contribution is 2.20. The summed E-state index contributed by atoms with van der Waals surface area (Å²) in [5, 5.41) is 0. The molecule has 1 aliphatic heterocycles. The Bertz CT molecular complexity index is 403. The van der Waals surface area contributed by atoms with E-state index >= 15 is 0 Å². The van der Waals surface area contributed by atoms with Crippen molar-refractivity contribution in [3.8, 4) is 0 Å². The molecule has 0 spiro atoms. The average molecular weight is 277 g/mol. The molecule has 1 heterocycles. The third-order valence-electron chi connectivity index (χ3n) is 2.66. The average Bonchev–Trinajstić information content (AvgIpc) is 2.21. The quantitative estimate of drug-likeness (QED) is 0.237. The lowest BCUT2D eigenvalue weighted by atomic mass is 9.96. The number of thiocarbonyl (C=S) groups is 1. The molecule has 0 aromatic heterocycles. The van der Waals surface area contributed by atoms with Crippen molar-refractivity contribution >= 4 is 29.2 Å². The standard InChI is InChI=1S/C10H16N4OS.ClH/c1-6-9(12-11)8(10(16)13(2)3)7(15)5-14(6)4;/h5,8,11,15H,1-4H3;1H. The number of carbonyl (C=O) groups is 1. The molecule has 7 heteroatoms. The van der Waals surface area contributed by atoms with Crippen LogP contribution < -0.4 is 23.7 Å². The van der Waals surface area contributed by atoms with Gasteiger partial charge < -0.3 is 22.7 Å². The lowest BCUT2D eigenvalue weighted by Crippen LogP contribution is -3.00. The van der Waals surface area contributed by atoms with E-state index in [-0.39, 0.29) is 18.2 Å². The Labute approximate surface area is 113 Å². The van der Waals surface area contributed by atoms with Crippen LogP contribution in [0.3, 0.4) is 0 Å². The number of hydrogen-bond donors (Lipinski definition) is 2. The molecule has 1 atom stereocenters. The number of halogens is 1. The highest BCUT2D eigenvalue weighted by molar-refractivity contribution is 7.80. The predicted octanol–water partition coefficient (Wildman–Crippen LogP) is -3.51. The first kappa shape index (κ1) is 16.0. The number of nitrogens with zero attached hydrogens (tertiary/aromatic N) is 2. The van der Waals surface area contributed by atoms with E-state index in [1.54, 1.807) is 16.5 Å². The highest BCUT2D eigenvalue weighted by atomic mass is 35.5. The van der Waals surface area contributed by atoms with Gasteiger partial charge in [-0.25, -0.2) is 4.58 Å². The summed E-state index contributed by atoms with van der Waals surface area (Å²) >= 11 is 5.25. The van der Waals surface area contributed by atoms with Gasteiger partial charge in [-0.05, 0) is 0 Å². The Hall–Kier alpha value is -0.980. The fraction of sp³-hybridized carbons (Fsp3) is 0.500. The molecule has 3 N–H and O–H groups in total. The van der Waals surface area contributed by atoms with Crippen molar-refractivity contribution in [1.82, 2.24) is 10.3 Å². The monoisotopic (exact) mass is 276 g/mol. The van der Waals surface area contributed by atoms with Crippen LogP contribution in [0.1, 0.15) is 6.92 Å². The van der Waals surface area contributed by atoms with Crippen LogP contribution in [0.25, 0.3) is 0 Å². The van der Waals surface area contributed by atoms with Crippen LogP contribution in [0.5, 0.6) is 0 Å². The summed E-state index contributed by atoms with van der Waals surface area (Å²) < 4.78 is 1.74. The molecule has 0 fully saturated rings. The lowest BCUT2D eigenvalue weighted by molar-refractivity contribution is -0.440. The van der Waals surface area contributed by atoms with Gasteiger partial charge >= 0.3 is 0 Å². The minimum Gasteiger partial charge on any atom is -1.00 e. The number of rotatable bonds is 2. The van der Waals surface area contributed by atoms with Crippen LogP contribution >= 0.6 is 12.2 Å². The second kappa shape index (κ2) is 6.09. The number of allylic oxidation sites excluding steroid dienone is 1. The Kier molecular flexibility index (Phi) is 5.74. The van der Waals surface area contributed by atoms with Gasteiger partial charge in [0.2, 0.25) is 12.0 Å². The summed E-state index contributed by atoms with van der Waals surface area (Å²) in [5.74, 6) is 4.93. The molecule has 17 heavy (non-hydrogen) atoms. The molecule has 1 rings (SSSR count). The van der Waals surface area contributed by atoms with E-state index in [2.05, 4.69) is 5.43 Å². The number of nitrogens with one attached hydrogen (secondary N) is 1.